The quantitative estimate of drug-likeness (QED) is 0.692. The van der Waals surface area contributed by atoms with E-state index in [1.165, 1.54) is 17.9 Å². The van der Waals surface area contributed by atoms with E-state index in [1.54, 1.807) is 37.4 Å². The first-order valence-corrected chi connectivity index (χ1v) is 10.1. The van der Waals surface area contributed by atoms with Crippen molar-refractivity contribution < 1.29 is 32.3 Å². The molecule has 164 valence electrons. The molecule has 2 aromatic rings. The van der Waals surface area contributed by atoms with Gasteiger partial charge in [0.05, 0.1) is 22.9 Å². The number of rotatable bonds is 5. The molecule has 2 unspecified atom stereocenters. The van der Waals surface area contributed by atoms with Crippen LogP contribution in [-0.4, -0.2) is 36.2 Å². The van der Waals surface area contributed by atoms with Crippen molar-refractivity contribution in [2.24, 2.45) is 0 Å². The Morgan fingerprint density at radius 3 is 2.52 bits per heavy atom. The van der Waals surface area contributed by atoms with E-state index in [4.69, 9.17) is 4.74 Å². The number of fused-ring (bicyclic) bond motifs is 1. The van der Waals surface area contributed by atoms with Crippen molar-refractivity contribution in [3.05, 3.63) is 54.1 Å². The zero-order valence-corrected chi connectivity index (χ0v) is 17.4. The molecule has 0 aromatic heterocycles. The van der Waals surface area contributed by atoms with Gasteiger partial charge < -0.3 is 15.0 Å². The number of carbonyl (C=O) groups excluding carboxylic acids is 3. The van der Waals surface area contributed by atoms with Gasteiger partial charge >= 0.3 is 12.1 Å². The lowest BCUT2D eigenvalue weighted by Gasteiger charge is -2.25. The number of benzene rings is 2. The number of halogens is 3. The number of hydrogen-bond acceptors (Lipinski definition) is 5. The molecule has 6 nitrogen and oxygen atoms in total. The number of alkyl halides is 3. The smallest absolute Gasteiger partial charge is 0.416 e. The minimum absolute atomic E-state index is 0.0440. The largest absolute Gasteiger partial charge is 0.452 e. The summed E-state index contributed by atoms with van der Waals surface area (Å²) in [5, 5.41) is 1.52. The number of para-hydroxylation sites is 1. The fourth-order valence-corrected chi connectivity index (χ4v) is 4.04. The van der Waals surface area contributed by atoms with Crippen LogP contribution < -0.4 is 10.2 Å². The fourth-order valence-electron chi connectivity index (χ4n) is 2.96. The van der Waals surface area contributed by atoms with Crippen molar-refractivity contribution in [1.29, 1.82) is 0 Å². The molecule has 2 amide bonds. The van der Waals surface area contributed by atoms with E-state index in [0.29, 0.717) is 10.6 Å². The van der Waals surface area contributed by atoms with Crippen LogP contribution in [0.25, 0.3) is 0 Å². The second-order valence-corrected chi connectivity index (χ2v) is 8.12. The summed E-state index contributed by atoms with van der Waals surface area (Å²) >= 11 is 0.976. The van der Waals surface area contributed by atoms with Crippen LogP contribution in [-0.2, 0) is 25.3 Å². The van der Waals surface area contributed by atoms with Gasteiger partial charge in [0, 0.05) is 17.6 Å². The maximum atomic E-state index is 12.8. The Morgan fingerprint density at radius 2 is 1.87 bits per heavy atom. The predicted molar refractivity (Wildman–Crippen MR) is 110 cm³/mol. The lowest BCUT2D eigenvalue weighted by Crippen LogP contribution is -2.38. The highest BCUT2D eigenvalue weighted by atomic mass is 32.2. The van der Waals surface area contributed by atoms with Crippen LogP contribution in [0.1, 0.15) is 18.9 Å². The maximum Gasteiger partial charge on any atom is 0.416 e. The van der Waals surface area contributed by atoms with E-state index < -0.39 is 40.9 Å². The highest BCUT2D eigenvalue weighted by Gasteiger charge is 2.35. The number of hydrogen-bond donors (Lipinski definition) is 1. The molecule has 0 saturated carbocycles. The first-order chi connectivity index (χ1) is 14.6. The molecule has 10 heteroatoms. The summed E-state index contributed by atoms with van der Waals surface area (Å²) in [4.78, 5) is 38.8. The number of esters is 1. The number of ether oxygens (including phenoxy) is 1. The number of likely N-dealkylation sites (N-methyl/N-ethyl adjacent to an activating group) is 1. The highest BCUT2D eigenvalue weighted by molar-refractivity contribution is 8.01. The molecule has 0 aliphatic carbocycles. The highest BCUT2D eigenvalue weighted by Crippen LogP contribution is 2.40. The van der Waals surface area contributed by atoms with E-state index in [-0.39, 0.29) is 12.1 Å². The molecule has 31 heavy (non-hydrogen) atoms. The molecule has 1 N–H and O–H groups in total. The number of amides is 2. The summed E-state index contributed by atoms with van der Waals surface area (Å²) in [7, 11) is 1.55. The van der Waals surface area contributed by atoms with E-state index in [1.807, 2.05) is 0 Å². The second-order valence-electron chi connectivity index (χ2n) is 6.87. The molecule has 0 radical (unpaired) electrons. The minimum Gasteiger partial charge on any atom is -0.452 e. The Morgan fingerprint density at radius 1 is 1.19 bits per heavy atom. The number of anilines is 2. The lowest BCUT2D eigenvalue weighted by atomic mass is 10.1. The van der Waals surface area contributed by atoms with Gasteiger partial charge in [-0.05, 0) is 37.3 Å². The van der Waals surface area contributed by atoms with Gasteiger partial charge in [0.2, 0.25) is 5.91 Å². The maximum absolute atomic E-state index is 12.8. The van der Waals surface area contributed by atoms with Crippen LogP contribution in [0, 0.1) is 0 Å². The summed E-state index contributed by atoms with van der Waals surface area (Å²) in [6.45, 7) is 1.43. The van der Waals surface area contributed by atoms with Crippen molar-refractivity contribution in [2.75, 3.05) is 17.3 Å². The van der Waals surface area contributed by atoms with Gasteiger partial charge in [-0.2, -0.15) is 13.2 Å². The van der Waals surface area contributed by atoms with Crippen molar-refractivity contribution >= 4 is 40.9 Å². The van der Waals surface area contributed by atoms with E-state index >= 15 is 0 Å². The normalized spacial score (nSPS) is 16.7. The summed E-state index contributed by atoms with van der Waals surface area (Å²) in [6.07, 6.45) is -5.93. The lowest BCUT2D eigenvalue weighted by molar-refractivity contribution is -0.154. The molecular formula is C21H19F3N2O4S. The number of nitrogens with zero attached hydrogens (tertiary/aromatic N) is 1. The van der Waals surface area contributed by atoms with Gasteiger partial charge in [0.15, 0.2) is 6.10 Å². The SMILES string of the molecule is CC(OC(=O)CC1Sc2ccc(C(F)(F)F)cc2NC1=O)C(=O)N(C)c1ccccc1. The Balaban J connectivity index is 1.60. The summed E-state index contributed by atoms with van der Waals surface area (Å²) in [6, 6.07) is 11.8. The topological polar surface area (TPSA) is 75.7 Å². The van der Waals surface area contributed by atoms with Crippen LogP contribution >= 0.6 is 11.8 Å². The van der Waals surface area contributed by atoms with E-state index in [2.05, 4.69) is 5.32 Å². The molecular weight excluding hydrogens is 433 g/mol. The summed E-state index contributed by atoms with van der Waals surface area (Å²) in [5.41, 5.74) is -0.199. The van der Waals surface area contributed by atoms with Gasteiger partial charge in [-0.3, -0.25) is 14.4 Å². The van der Waals surface area contributed by atoms with Gasteiger partial charge in [-0.1, -0.05) is 18.2 Å². The Bertz CT molecular complexity index is 998. The summed E-state index contributed by atoms with van der Waals surface area (Å²) in [5.74, 6) is -1.80. The molecule has 2 aromatic carbocycles. The number of carbonyl (C=O) groups is 3. The van der Waals surface area contributed by atoms with Crippen LogP contribution in [0.5, 0.6) is 0 Å². The Hall–Kier alpha value is -3.01. The summed E-state index contributed by atoms with van der Waals surface area (Å²) < 4.78 is 43.7. The Labute approximate surface area is 180 Å². The third kappa shape index (κ3) is 5.38. The molecule has 0 saturated heterocycles. The van der Waals surface area contributed by atoms with Gasteiger partial charge in [0.25, 0.3) is 5.91 Å². The predicted octanol–water partition coefficient (Wildman–Crippen LogP) is 4.10. The van der Waals surface area contributed by atoms with Crippen molar-refractivity contribution in [2.45, 2.75) is 35.8 Å². The average molecular weight is 452 g/mol. The molecule has 0 bridgehead atoms. The van der Waals surface area contributed by atoms with Crippen molar-refractivity contribution in [3.8, 4) is 0 Å². The standard InChI is InChI=1S/C21H19F3N2O4S/c1-12(20(29)26(2)14-6-4-3-5-7-14)30-18(27)11-17-19(28)25-15-10-13(21(22,23)24)8-9-16(15)31-17/h3-10,12,17H,11H2,1-2H3,(H,25,28). The van der Waals surface area contributed by atoms with E-state index in [0.717, 1.165) is 23.9 Å². The fraction of sp³-hybridized carbons (Fsp3) is 0.286. The molecule has 0 fully saturated rings. The van der Waals surface area contributed by atoms with Crippen LogP contribution in [0.4, 0.5) is 24.5 Å². The van der Waals surface area contributed by atoms with E-state index in [9.17, 15) is 27.6 Å². The first-order valence-electron chi connectivity index (χ1n) is 9.27. The van der Waals surface area contributed by atoms with Crippen LogP contribution in [0.2, 0.25) is 0 Å². The van der Waals surface area contributed by atoms with Gasteiger partial charge in [-0.15, -0.1) is 11.8 Å². The zero-order valence-electron chi connectivity index (χ0n) is 16.6. The van der Waals surface area contributed by atoms with Crippen molar-refractivity contribution in [3.63, 3.8) is 0 Å². The number of thioether (sulfide) groups is 1. The molecule has 1 heterocycles. The molecule has 1 aliphatic heterocycles. The van der Waals surface area contributed by atoms with Crippen LogP contribution in [0.3, 0.4) is 0 Å². The molecule has 1 aliphatic rings. The van der Waals surface area contributed by atoms with Crippen LogP contribution in [0.15, 0.2) is 53.4 Å². The Kier molecular flexibility index (Phi) is 6.59. The molecule has 0 spiro atoms. The van der Waals surface area contributed by atoms with Gasteiger partial charge in [0.1, 0.15) is 0 Å². The van der Waals surface area contributed by atoms with Gasteiger partial charge in [-0.25, -0.2) is 0 Å². The monoisotopic (exact) mass is 452 g/mol. The number of nitrogens with one attached hydrogen (secondary N) is 1. The van der Waals surface area contributed by atoms with Crippen molar-refractivity contribution in [1.82, 2.24) is 0 Å². The molecule has 3 rings (SSSR count). The third-order valence-corrected chi connectivity index (χ3v) is 5.88. The average Bonchev–Trinajstić information content (AvgIpc) is 2.72. The third-order valence-electron chi connectivity index (χ3n) is 4.61. The molecule has 2 atom stereocenters. The first kappa shape index (κ1) is 22.7. The second kappa shape index (κ2) is 9.01. The minimum atomic E-state index is -4.53. The zero-order chi connectivity index (χ0) is 22.8.